The third kappa shape index (κ3) is 2.78. The van der Waals surface area contributed by atoms with Crippen molar-refractivity contribution >= 4 is 0 Å². The Morgan fingerprint density at radius 2 is 1.34 bits per heavy atom. The van der Waals surface area contributed by atoms with Crippen LogP contribution in [0.1, 0.15) is 119 Å². The second-order valence-corrected chi connectivity index (χ2v) is 15.4. The van der Waals surface area contributed by atoms with Crippen molar-refractivity contribution in [2.24, 2.45) is 56.2 Å². The standard InChI is InChI=1S/C30H52O2/c1-20-8-9-21(32)24-27(5)15-17-29(7)23-18-25(2,3)12-13-26(23,4)14-16-28(29,6)22(27)10-11-30(20,24)19-31/h20-24,31-32H,8-19H2,1-7H3/t20-,21?,22-,23+,24-,26+,27+,28+,29-,30-/m0/s1. The van der Waals surface area contributed by atoms with Gasteiger partial charge in [-0.3, -0.25) is 0 Å². The van der Waals surface area contributed by atoms with E-state index in [2.05, 4.69) is 48.5 Å². The van der Waals surface area contributed by atoms with E-state index in [1.807, 2.05) is 0 Å². The highest BCUT2D eigenvalue weighted by molar-refractivity contribution is 5.20. The summed E-state index contributed by atoms with van der Waals surface area (Å²) >= 11 is 0. The third-order valence-corrected chi connectivity index (χ3v) is 13.8. The van der Waals surface area contributed by atoms with Gasteiger partial charge in [0.25, 0.3) is 0 Å². The van der Waals surface area contributed by atoms with Gasteiger partial charge >= 0.3 is 0 Å². The van der Waals surface area contributed by atoms with Gasteiger partial charge in [-0.05, 0) is 121 Å². The van der Waals surface area contributed by atoms with Crippen LogP contribution in [0.4, 0.5) is 0 Å². The van der Waals surface area contributed by atoms with Crippen LogP contribution in [-0.2, 0) is 0 Å². The van der Waals surface area contributed by atoms with Gasteiger partial charge in [0.05, 0.1) is 6.10 Å². The van der Waals surface area contributed by atoms with E-state index in [0.29, 0.717) is 33.5 Å². The molecule has 2 N–H and O–H groups in total. The predicted octanol–water partition coefficient (Wildman–Crippen LogP) is 7.22. The first kappa shape index (κ1) is 23.7. The summed E-state index contributed by atoms with van der Waals surface area (Å²) in [6, 6.07) is 0. The highest BCUT2D eigenvalue weighted by Gasteiger charge is 2.71. The molecule has 0 aromatic heterocycles. The average molecular weight is 445 g/mol. The second kappa shape index (κ2) is 6.99. The zero-order valence-electron chi connectivity index (χ0n) is 22.3. The Labute approximate surface area is 198 Å². The molecule has 0 aromatic carbocycles. The smallest absolute Gasteiger partial charge is 0.0580 e. The zero-order valence-corrected chi connectivity index (χ0v) is 22.3. The van der Waals surface area contributed by atoms with Crippen LogP contribution in [0, 0.1) is 56.2 Å². The molecule has 0 saturated heterocycles. The topological polar surface area (TPSA) is 40.5 Å². The summed E-state index contributed by atoms with van der Waals surface area (Å²) in [7, 11) is 0. The molecule has 2 heteroatoms. The Kier molecular flexibility index (Phi) is 5.17. The maximum absolute atomic E-state index is 11.5. The monoisotopic (exact) mass is 444 g/mol. The van der Waals surface area contributed by atoms with Crippen molar-refractivity contribution in [3.63, 3.8) is 0 Å². The zero-order chi connectivity index (χ0) is 23.4. The first-order valence-electron chi connectivity index (χ1n) is 14.1. The number of aliphatic hydroxyl groups excluding tert-OH is 2. The summed E-state index contributed by atoms with van der Waals surface area (Å²) in [6.45, 7) is 18.2. The quantitative estimate of drug-likeness (QED) is 0.448. The van der Waals surface area contributed by atoms with Crippen LogP contribution in [0.2, 0.25) is 0 Å². The van der Waals surface area contributed by atoms with Crippen molar-refractivity contribution in [2.45, 2.75) is 125 Å². The third-order valence-electron chi connectivity index (χ3n) is 13.8. The van der Waals surface area contributed by atoms with Crippen molar-refractivity contribution in [1.82, 2.24) is 0 Å². The molecule has 5 saturated carbocycles. The molecule has 0 heterocycles. The summed E-state index contributed by atoms with van der Waals surface area (Å²) in [5.41, 5.74) is 1.82. The van der Waals surface area contributed by atoms with Gasteiger partial charge in [0.1, 0.15) is 0 Å². The van der Waals surface area contributed by atoms with Crippen LogP contribution in [0.3, 0.4) is 0 Å². The molecular weight excluding hydrogens is 392 g/mol. The molecule has 0 aromatic rings. The summed E-state index contributed by atoms with van der Waals surface area (Å²) in [5.74, 6) is 2.28. The van der Waals surface area contributed by atoms with Crippen LogP contribution >= 0.6 is 0 Å². The first-order valence-corrected chi connectivity index (χ1v) is 14.1. The van der Waals surface area contributed by atoms with E-state index in [0.717, 1.165) is 25.2 Å². The highest BCUT2D eigenvalue weighted by atomic mass is 16.3. The lowest BCUT2D eigenvalue weighted by Gasteiger charge is -2.75. The molecule has 5 aliphatic carbocycles. The molecule has 2 nitrogen and oxygen atoms in total. The molecule has 0 bridgehead atoms. The van der Waals surface area contributed by atoms with Crippen molar-refractivity contribution < 1.29 is 10.2 Å². The molecule has 5 rings (SSSR count). The molecule has 0 aliphatic heterocycles. The number of fused-ring (bicyclic) bond motifs is 7. The fourth-order valence-electron chi connectivity index (χ4n) is 11.5. The number of aliphatic hydroxyl groups is 2. The van der Waals surface area contributed by atoms with Gasteiger partial charge in [-0.25, -0.2) is 0 Å². The van der Waals surface area contributed by atoms with Crippen molar-refractivity contribution in [3.05, 3.63) is 0 Å². The maximum Gasteiger partial charge on any atom is 0.0580 e. The van der Waals surface area contributed by atoms with Crippen LogP contribution in [0.5, 0.6) is 0 Å². The minimum atomic E-state index is -0.235. The van der Waals surface area contributed by atoms with E-state index in [-0.39, 0.29) is 29.5 Å². The molecule has 1 unspecified atom stereocenters. The van der Waals surface area contributed by atoms with E-state index < -0.39 is 0 Å². The van der Waals surface area contributed by atoms with Gasteiger partial charge in [0, 0.05) is 12.0 Å². The molecule has 0 amide bonds. The van der Waals surface area contributed by atoms with Crippen LogP contribution in [0.15, 0.2) is 0 Å². The highest BCUT2D eigenvalue weighted by Crippen LogP contribution is 2.78. The Hall–Kier alpha value is -0.0800. The molecular formula is C30H52O2. The van der Waals surface area contributed by atoms with E-state index in [4.69, 9.17) is 0 Å². The van der Waals surface area contributed by atoms with Gasteiger partial charge in [0.2, 0.25) is 0 Å². The minimum absolute atomic E-state index is 0.0664. The lowest BCUT2D eigenvalue weighted by atomic mass is 9.30. The molecule has 0 radical (unpaired) electrons. The minimum Gasteiger partial charge on any atom is -0.396 e. The predicted molar refractivity (Wildman–Crippen MR) is 132 cm³/mol. The molecule has 32 heavy (non-hydrogen) atoms. The van der Waals surface area contributed by atoms with Gasteiger partial charge in [-0.1, -0.05) is 48.5 Å². The lowest BCUT2D eigenvalue weighted by molar-refractivity contribution is -0.277. The fraction of sp³-hybridized carbons (Fsp3) is 1.00. The van der Waals surface area contributed by atoms with E-state index >= 15 is 0 Å². The van der Waals surface area contributed by atoms with Gasteiger partial charge in [-0.2, -0.15) is 0 Å². The van der Waals surface area contributed by atoms with Crippen LogP contribution in [-0.4, -0.2) is 22.9 Å². The fourth-order valence-corrected chi connectivity index (χ4v) is 11.5. The Morgan fingerprint density at radius 1 is 0.719 bits per heavy atom. The summed E-state index contributed by atoms with van der Waals surface area (Å²) < 4.78 is 0. The Morgan fingerprint density at radius 3 is 2.03 bits per heavy atom. The van der Waals surface area contributed by atoms with E-state index in [1.54, 1.807) is 0 Å². The molecule has 0 spiro atoms. The van der Waals surface area contributed by atoms with Gasteiger partial charge in [0.15, 0.2) is 0 Å². The van der Waals surface area contributed by atoms with E-state index in [1.165, 1.54) is 51.4 Å². The van der Waals surface area contributed by atoms with Gasteiger partial charge in [-0.15, -0.1) is 0 Å². The van der Waals surface area contributed by atoms with E-state index in [9.17, 15) is 10.2 Å². The van der Waals surface area contributed by atoms with Crippen LogP contribution < -0.4 is 0 Å². The second-order valence-electron chi connectivity index (χ2n) is 15.4. The largest absolute Gasteiger partial charge is 0.396 e. The Balaban J connectivity index is 1.57. The number of rotatable bonds is 1. The van der Waals surface area contributed by atoms with Crippen molar-refractivity contribution in [3.8, 4) is 0 Å². The van der Waals surface area contributed by atoms with Crippen molar-refractivity contribution in [2.75, 3.05) is 6.61 Å². The first-order chi connectivity index (χ1) is 14.8. The number of hydrogen-bond donors (Lipinski definition) is 2. The lowest BCUT2D eigenvalue weighted by Crippen LogP contribution is -2.69. The summed E-state index contributed by atoms with van der Waals surface area (Å²) in [6.07, 6.45) is 13.6. The maximum atomic E-state index is 11.5. The van der Waals surface area contributed by atoms with Gasteiger partial charge < -0.3 is 10.2 Å². The number of hydrogen-bond acceptors (Lipinski definition) is 2. The summed E-state index contributed by atoms with van der Waals surface area (Å²) in [5, 5.41) is 22.2. The molecule has 5 fully saturated rings. The molecule has 184 valence electrons. The molecule has 5 aliphatic rings. The SMILES string of the molecule is C[C@H]1CCC(O)[C@H]2[C@]3(C)CC[C@@]4(C)[C@@H]5CC(C)(C)CC[C@]5(C)CC[C@]4(C)[C@H]3CC[C@]12CO. The normalized spacial score (nSPS) is 59.3. The average Bonchev–Trinajstić information content (AvgIpc) is 2.73. The Bertz CT molecular complexity index is 760. The summed E-state index contributed by atoms with van der Waals surface area (Å²) in [4.78, 5) is 0. The molecule has 10 atom stereocenters. The van der Waals surface area contributed by atoms with Crippen LogP contribution in [0.25, 0.3) is 0 Å². The van der Waals surface area contributed by atoms with Crippen molar-refractivity contribution in [1.29, 1.82) is 0 Å².